The summed E-state index contributed by atoms with van der Waals surface area (Å²) in [4.78, 5) is 11.0. The van der Waals surface area contributed by atoms with E-state index in [1.54, 1.807) is 7.11 Å². The van der Waals surface area contributed by atoms with Crippen LogP contribution in [0.25, 0.3) is 0 Å². The summed E-state index contributed by atoms with van der Waals surface area (Å²) in [6, 6.07) is 0. The molecule has 8 nitrogen and oxygen atoms in total. The molecule has 0 aliphatic carbocycles. The Morgan fingerprint density at radius 1 is 1.65 bits per heavy atom. The molecule has 0 bridgehead atoms. The zero-order valence-corrected chi connectivity index (χ0v) is 11.9. The molecular formula is C11H17N3O5S. The number of nitrogens with one attached hydrogen (secondary N) is 1. The maximum absolute atomic E-state index is 12.5. The van der Waals surface area contributed by atoms with Gasteiger partial charge in [0.05, 0.1) is 12.8 Å². The highest BCUT2D eigenvalue weighted by atomic mass is 32.2. The molecular weight excluding hydrogens is 286 g/mol. The van der Waals surface area contributed by atoms with Crippen LogP contribution >= 0.6 is 0 Å². The van der Waals surface area contributed by atoms with Crippen molar-refractivity contribution in [3.8, 4) is 0 Å². The lowest BCUT2D eigenvalue weighted by Gasteiger charge is -2.31. The van der Waals surface area contributed by atoms with Gasteiger partial charge in [0, 0.05) is 20.2 Å². The van der Waals surface area contributed by atoms with Crippen LogP contribution in [-0.4, -0.2) is 60.8 Å². The van der Waals surface area contributed by atoms with Crippen LogP contribution in [0.4, 0.5) is 0 Å². The van der Waals surface area contributed by atoms with E-state index < -0.39 is 16.0 Å². The third-order valence-corrected chi connectivity index (χ3v) is 5.16. The van der Waals surface area contributed by atoms with Crippen molar-refractivity contribution in [2.24, 2.45) is 5.92 Å². The zero-order chi connectivity index (χ0) is 14.8. The average Bonchev–Trinajstić information content (AvgIpc) is 2.89. The first kappa shape index (κ1) is 14.9. The van der Waals surface area contributed by atoms with Gasteiger partial charge in [0.1, 0.15) is 5.56 Å². The standard InChI is InChI=1S/C11H17N3O5S/c1-19-7-8-3-2-4-14(6-8)20(17,18)10-9(11(15)16)5-12-13-10/h5,8H,2-4,6-7H2,1H3,(H,12,13)(H,15,16). The third-order valence-electron chi connectivity index (χ3n) is 3.32. The van der Waals surface area contributed by atoms with E-state index in [-0.39, 0.29) is 16.5 Å². The first-order valence-electron chi connectivity index (χ1n) is 6.22. The number of sulfonamides is 1. The van der Waals surface area contributed by atoms with Crippen molar-refractivity contribution in [1.82, 2.24) is 14.5 Å². The molecule has 1 saturated heterocycles. The molecule has 0 spiro atoms. The van der Waals surface area contributed by atoms with E-state index in [1.165, 1.54) is 4.31 Å². The molecule has 0 aromatic carbocycles. The normalized spacial score (nSPS) is 20.9. The van der Waals surface area contributed by atoms with Crippen LogP contribution in [0.3, 0.4) is 0 Å². The monoisotopic (exact) mass is 303 g/mol. The van der Waals surface area contributed by atoms with Crippen LogP contribution in [0.2, 0.25) is 0 Å². The molecule has 1 aliphatic heterocycles. The van der Waals surface area contributed by atoms with Crippen LogP contribution in [0, 0.1) is 5.92 Å². The number of methoxy groups -OCH3 is 1. The van der Waals surface area contributed by atoms with Crippen molar-refractivity contribution in [1.29, 1.82) is 0 Å². The van der Waals surface area contributed by atoms with Gasteiger partial charge in [-0.25, -0.2) is 13.2 Å². The number of ether oxygens (including phenoxy) is 1. The Bertz CT molecular complexity index is 581. The van der Waals surface area contributed by atoms with Gasteiger partial charge in [-0.2, -0.15) is 9.40 Å². The lowest BCUT2D eigenvalue weighted by molar-refractivity contribution is 0.0692. The third kappa shape index (κ3) is 2.84. The van der Waals surface area contributed by atoms with E-state index in [2.05, 4.69) is 10.2 Å². The first-order chi connectivity index (χ1) is 9.46. The second-order valence-electron chi connectivity index (χ2n) is 4.74. The topological polar surface area (TPSA) is 113 Å². The summed E-state index contributed by atoms with van der Waals surface area (Å²) < 4.78 is 31.3. The molecule has 9 heteroatoms. The minimum atomic E-state index is -3.87. The molecule has 1 aromatic heterocycles. The highest BCUT2D eigenvalue weighted by Crippen LogP contribution is 2.24. The fourth-order valence-electron chi connectivity index (χ4n) is 2.37. The van der Waals surface area contributed by atoms with Gasteiger partial charge in [-0.3, -0.25) is 5.10 Å². The molecule has 0 amide bonds. The van der Waals surface area contributed by atoms with Crippen molar-refractivity contribution < 1.29 is 23.1 Å². The van der Waals surface area contributed by atoms with Gasteiger partial charge >= 0.3 is 5.97 Å². The fraction of sp³-hybridized carbons (Fsp3) is 0.636. The number of hydrogen-bond donors (Lipinski definition) is 2. The molecule has 2 N–H and O–H groups in total. The van der Waals surface area contributed by atoms with Crippen molar-refractivity contribution >= 4 is 16.0 Å². The Morgan fingerprint density at radius 3 is 3.05 bits per heavy atom. The second kappa shape index (κ2) is 5.90. The molecule has 20 heavy (non-hydrogen) atoms. The summed E-state index contributed by atoms with van der Waals surface area (Å²) in [6.07, 6.45) is 2.63. The Labute approximate surface area is 116 Å². The van der Waals surface area contributed by atoms with E-state index in [4.69, 9.17) is 9.84 Å². The van der Waals surface area contributed by atoms with Crippen LogP contribution < -0.4 is 0 Å². The summed E-state index contributed by atoms with van der Waals surface area (Å²) in [5.74, 6) is -1.19. The number of carboxylic acid groups (broad SMARTS) is 1. The highest BCUT2D eigenvalue weighted by molar-refractivity contribution is 7.89. The van der Waals surface area contributed by atoms with E-state index >= 15 is 0 Å². The minimum absolute atomic E-state index is 0.125. The van der Waals surface area contributed by atoms with Gasteiger partial charge in [-0.1, -0.05) is 0 Å². The Kier molecular flexibility index (Phi) is 4.41. The lowest BCUT2D eigenvalue weighted by Crippen LogP contribution is -2.41. The maximum atomic E-state index is 12.5. The largest absolute Gasteiger partial charge is 0.478 e. The Balaban J connectivity index is 2.25. The predicted octanol–water partition coefficient (Wildman–Crippen LogP) is 0.155. The number of hydrogen-bond acceptors (Lipinski definition) is 5. The molecule has 2 rings (SSSR count). The van der Waals surface area contributed by atoms with E-state index in [0.717, 1.165) is 19.0 Å². The van der Waals surface area contributed by atoms with Gasteiger partial charge in [0.15, 0.2) is 5.03 Å². The predicted molar refractivity (Wildman–Crippen MR) is 68.9 cm³/mol. The van der Waals surface area contributed by atoms with Crippen LogP contribution in [0.5, 0.6) is 0 Å². The van der Waals surface area contributed by atoms with Gasteiger partial charge < -0.3 is 9.84 Å². The molecule has 0 radical (unpaired) electrons. The quantitative estimate of drug-likeness (QED) is 0.801. The van der Waals surface area contributed by atoms with E-state index in [0.29, 0.717) is 19.7 Å². The summed E-state index contributed by atoms with van der Waals surface area (Å²) in [5.41, 5.74) is -0.334. The smallest absolute Gasteiger partial charge is 0.340 e. The number of H-pyrrole nitrogens is 1. The van der Waals surface area contributed by atoms with E-state index in [9.17, 15) is 13.2 Å². The summed E-state index contributed by atoms with van der Waals surface area (Å²) in [5, 5.41) is 14.4. The number of carboxylic acids is 1. The van der Waals surface area contributed by atoms with Crippen LogP contribution in [0.1, 0.15) is 23.2 Å². The van der Waals surface area contributed by atoms with Crippen molar-refractivity contribution in [3.63, 3.8) is 0 Å². The summed E-state index contributed by atoms with van der Waals surface area (Å²) in [6.45, 7) is 1.19. The van der Waals surface area contributed by atoms with E-state index in [1.807, 2.05) is 0 Å². The second-order valence-corrected chi connectivity index (χ2v) is 6.62. The number of carbonyl (C=O) groups is 1. The summed E-state index contributed by atoms with van der Waals surface area (Å²) >= 11 is 0. The lowest BCUT2D eigenvalue weighted by atomic mass is 10.0. The minimum Gasteiger partial charge on any atom is -0.478 e. The van der Waals surface area contributed by atoms with Gasteiger partial charge in [-0.15, -0.1) is 0 Å². The molecule has 2 heterocycles. The van der Waals surface area contributed by atoms with Gasteiger partial charge in [-0.05, 0) is 18.8 Å². The van der Waals surface area contributed by atoms with Crippen molar-refractivity contribution in [2.45, 2.75) is 17.9 Å². The summed E-state index contributed by atoms with van der Waals surface area (Å²) in [7, 11) is -2.29. The molecule has 1 aliphatic rings. The zero-order valence-electron chi connectivity index (χ0n) is 11.1. The first-order valence-corrected chi connectivity index (χ1v) is 7.66. The van der Waals surface area contributed by atoms with Gasteiger partial charge in [0.2, 0.25) is 0 Å². The van der Waals surface area contributed by atoms with Crippen molar-refractivity contribution in [3.05, 3.63) is 11.8 Å². The van der Waals surface area contributed by atoms with Crippen LogP contribution in [0.15, 0.2) is 11.2 Å². The Hall–Kier alpha value is -1.45. The molecule has 0 saturated carbocycles. The molecule has 1 atom stereocenters. The highest BCUT2D eigenvalue weighted by Gasteiger charge is 2.34. The number of nitrogens with zero attached hydrogens (tertiary/aromatic N) is 2. The van der Waals surface area contributed by atoms with Gasteiger partial charge in [0.25, 0.3) is 10.0 Å². The number of aromatic carboxylic acids is 1. The number of piperidine rings is 1. The van der Waals surface area contributed by atoms with Crippen LogP contribution in [-0.2, 0) is 14.8 Å². The number of aromatic nitrogens is 2. The maximum Gasteiger partial charge on any atom is 0.340 e. The number of rotatable bonds is 5. The molecule has 112 valence electrons. The number of aromatic amines is 1. The Morgan fingerprint density at radius 2 is 2.40 bits per heavy atom. The fourth-order valence-corrected chi connectivity index (χ4v) is 3.99. The SMILES string of the molecule is COCC1CCCN(S(=O)(=O)c2[nH]ncc2C(=O)O)C1. The average molecular weight is 303 g/mol. The molecule has 1 fully saturated rings. The van der Waals surface area contributed by atoms with Crippen molar-refractivity contribution in [2.75, 3.05) is 26.8 Å². The molecule has 1 unspecified atom stereocenters. The molecule has 1 aromatic rings.